The second-order valence-corrected chi connectivity index (χ2v) is 8.03. The minimum absolute atomic E-state index is 0.0581. The van der Waals surface area contributed by atoms with Crippen molar-refractivity contribution in [1.29, 1.82) is 0 Å². The molecule has 0 saturated heterocycles. The molecular weight excluding hydrogens is 388 g/mol. The highest BCUT2D eigenvalue weighted by molar-refractivity contribution is 6.11. The molecule has 0 radical (unpaired) electrons. The Morgan fingerprint density at radius 1 is 0.935 bits per heavy atom. The number of fused-ring (bicyclic) bond motifs is 2. The standard InChI is InChI=1S/C26H28N2O3/c1-5-22-16-27(25(29)21-12-11-19-9-7-8-10-20(19)15-21)23-13-17(3)18(4)14-24(23)28(22)26(30)31-6-2/h7-15,22H,5-6,16H2,1-4H3. The molecule has 2 amide bonds. The van der Waals surface area contributed by atoms with E-state index in [0.717, 1.165) is 33.3 Å². The highest BCUT2D eigenvalue weighted by atomic mass is 16.6. The molecule has 1 unspecified atom stereocenters. The number of aryl methyl sites for hydroxylation is 2. The Bertz CT molecular complexity index is 1150. The summed E-state index contributed by atoms with van der Waals surface area (Å²) in [7, 11) is 0. The van der Waals surface area contributed by atoms with Crippen molar-refractivity contribution in [2.45, 2.75) is 40.2 Å². The lowest BCUT2D eigenvalue weighted by Gasteiger charge is -2.42. The number of anilines is 2. The van der Waals surface area contributed by atoms with Crippen LogP contribution in [-0.4, -0.2) is 31.2 Å². The highest BCUT2D eigenvalue weighted by Crippen LogP contribution is 2.39. The number of ether oxygens (including phenoxy) is 1. The second-order valence-electron chi connectivity index (χ2n) is 8.03. The lowest BCUT2D eigenvalue weighted by atomic mass is 9.99. The fraction of sp³-hybridized carbons (Fsp3) is 0.308. The molecular formula is C26H28N2O3. The summed E-state index contributed by atoms with van der Waals surface area (Å²) in [4.78, 5) is 30.0. The molecule has 1 atom stereocenters. The molecule has 0 fully saturated rings. The third kappa shape index (κ3) is 3.76. The van der Waals surface area contributed by atoms with E-state index in [1.54, 1.807) is 11.8 Å². The average Bonchev–Trinajstić information content (AvgIpc) is 2.78. The molecule has 3 aromatic carbocycles. The number of carbonyl (C=O) groups excluding carboxylic acids is 2. The van der Waals surface area contributed by atoms with Crippen LogP contribution in [0.15, 0.2) is 54.6 Å². The van der Waals surface area contributed by atoms with Gasteiger partial charge in [-0.3, -0.25) is 9.69 Å². The maximum Gasteiger partial charge on any atom is 0.414 e. The highest BCUT2D eigenvalue weighted by Gasteiger charge is 2.37. The van der Waals surface area contributed by atoms with Crippen LogP contribution in [-0.2, 0) is 4.74 Å². The van der Waals surface area contributed by atoms with Gasteiger partial charge in [-0.2, -0.15) is 0 Å². The van der Waals surface area contributed by atoms with Crippen LogP contribution in [0.2, 0.25) is 0 Å². The second kappa shape index (κ2) is 8.42. The molecule has 3 aromatic rings. The number of hydrogen-bond donors (Lipinski definition) is 0. The summed E-state index contributed by atoms with van der Waals surface area (Å²) in [6.07, 6.45) is 0.351. The Hall–Kier alpha value is -3.34. The van der Waals surface area contributed by atoms with Gasteiger partial charge in [-0.05, 0) is 73.4 Å². The summed E-state index contributed by atoms with van der Waals surface area (Å²) < 4.78 is 5.35. The number of benzene rings is 3. The first kappa shape index (κ1) is 20.9. The molecule has 4 rings (SSSR count). The van der Waals surface area contributed by atoms with Crippen molar-refractivity contribution in [1.82, 2.24) is 0 Å². The molecule has 1 heterocycles. The van der Waals surface area contributed by atoms with Crippen LogP contribution in [0.1, 0.15) is 41.8 Å². The van der Waals surface area contributed by atoms with Crippen LogP contribution < -0.4 is 9.80 Å². The van der Waals surface area contributed by atoms with Gasteiger partial charge in [0, 0.05) is 12.1 Å². The van der Waals surface area contributed by atoms with Crippen molar-refractivity contribution in [3.63, 3.8) is 0 Å². The monoisotopic (exact) mass is 416 g/mol. The van der Waals surface area contributed by atoms with Gasteiger partial charge in [-0.1, -0.05) is 37.3 Å². The summed E-state index contributed by atoms with van der Waals surface area (Å²) in [6.45, 7) is 8.61. The zero-order valence-corrected chi connectivity index (χ0v) is 18.5. The zero-order valence-electron chi connectivity index (χ0n) is 18.5. The molecule has 0 aromatic heterocycles. The largest absolute Gasteiger partial charge is 0.449 e. The van der Waals surface area contributed by atoms with Crippen molar-refractivity contribution in [3.8, 4) is 0 Å². The smallest absolute Gasteiger partial charge is 0.414 e. The summed E-state index contributed by atoms with van der Waals surface area (Å²) in [6, 6.07) is 17.7. The quantitative estimate of drug-likeness (QED) is 0.537. The van der Waals surface area contributed by atoms with Crippen LogP contribution in [0.4, 0.5) is 16.2 Å². The number of nitrogens with zero attached hydrogens (tertiary/aromatic N) is 2. The van der Waals surface area contributed by atoms with E-state index < -0.39 is 0 Å². The van der Waals surface area contributed by atoms with E-state index in [9.17, 15) is 9.59 Å². The SMILES string of the molecule is CCOC(=O)N1c2cc(C)c(C)cc2N(C(=O)c2ccc3ccccc3c2)CC1CC. The van der Waals surface area contributed by atoms with Gasteiger partial charge < -0.3 is 9.64 Å². The van der Waals surface area contributed by atoms with Gasteiger partial charge in [-0.15, -0.1) is 0 Å². The Kier molecular flexibility index (Phi) is 5.68. The minimum Gasteiger partial charge on any atom is -0.449 e. The van der Waals surface area contributed by atoms with E-state index in [2.05, 4.69) is 0 Å². The first-order chi connectivity index (χ1) is 14.9. The molecule has 160 valence electrons. The molecule has 0 spiro atoms. The summed E-state index contributed by atoms with van der Waals surface area (Å²) in [5.41, 5.74) is 4.27. The maximum atomic E-state index is 13.7. The first-order valence-electron chi connectivity index (χ1n) is 10.8. The lowest BCUT2D eigenvalue weighted by molar-refractivity contribution is 0.0981. The number of amides is 2. The van der Waals surface area contributed by atoms with Crippen molar-refractivity contribution < 1.29 is 14.3 Å². The van der Waals surface area contributed by atoms with Crippen LogP contribution in [0, 0.1) is 13.8 Å². The summed E-state index contributed by atoms with van der Waals surface area (Å²) in [5, 5.41) is 2.13. The third-order valence-corrected chi connectivity index (χ3v) is 6.08. The van der Waals surface area contributed by atoms with E-state index in [0.29, 0.717) is 25.1 Å². The normalized spacial score (nSPS) is 15.7. The Labute approximate surface area is 183 Å². The van der Waals surface area contributed by atoms with Gasteiger partial charge in [0.15, 0.2) is 0 Å². The summed E-state index contributed by atoms with van der Waals surface area (Å²) in [5.74, 6) is -0.0581. The predicted molar refractivity (Wildman–Crippen MR) is 125 cm³/mol. The molecule has 5 nitrogen and oxygen atoms in total. The van der Waals surface area contributed by atoms with Crippen LogP contribution in [0.25, 0.3) is 10.8 Å². The predicted octanol–water partition coefficient (Wildman–Crippen LogP) is 5.86. The molecule has 1 aliphatic rings. The van der Waals surface area contributed by atoms with E-state index in [1.165, 1.54) is 0 Å². The van der Waals surface area contributed by atoms with Crippen molar-refractivity contribution in [2.24, 2.45) is 0 Å². The maximum absolute atomic E-state index is 13.7. The fourth-order valence-electron chi connectivity index (χ4n) is 4.20. The third-order valence-electron chi connectivity index (χ3n) is 6.08. The number of carbonyl (C=O) groups is 2. The molecule has 0 bridgehead atoms. The lowest BCUT2D eigenvalue weighted by Crippen LogP contribution is -2.53. The molecule has 0 saturated carbocycles. The Morgan fingerprint density at radius 2 is 1.61 bits per heavy atom. The van der Waals surface area contributed by atoms with Gasteiger partial charge >= 0.3 is 6.09 Å². The Balaban J connectivity index is 1.81. The average molecular weight is 417 g/mol. The van der Waals surface area contributed by atoms with Crippen molar-refractivity contribution in [3.05, 3.63) is 71.3 Å². The molecule has 1 aliphatic heterocycles. The van der Waals surface area contributed by atoms with E-state index >= 15 is 0 Å². The van der Waals surface area contributed by atoms with Gasteiger partial charge in [0.25, 0.3) is 5.91 Å². The molecule has 0 N–H and O–H groups in total. The van der Waals surface area contributed by atoms with E-state index in [1.807, 2.05) is 80.3 Å². The minimum atomic E-state index is -0.364. The molecule has 0 aliphatic carbocycles. The van der Waals surface area contributed by atoms with Gasteiger partial charge in [0.05, 0.1) is 24.0 Å². The van der Waals surface area contributed by atoms with E-state index in [4.69, 9.17) is 4.74 Å². The topological polar surface area (TPSA) is 49.9 Å². The van der Waals surface area contributed by atoms with Crippen LogP contribution in [0.5, 0.6) is 0 Å². The first-order valence-corrected chi connectivity index (χ1v) is 10.8. The molecule has 31 heavy (non-hydrogen) atoms. The van der Waals surface area contributed by atoms with Crippen molar-refractivity contribution >= 4 is 34.1 Å². The van der Waals surface area contributed by atoms with E-state index in [-0.39, 0.29) is 18.0 Å². The van der Waals surface area contributed by atoms with Crippen LogP contribution >= 0.6 is 0 Å². The number of hydrogen-bond acceptors (Lipinski definition) is 3. The van der Waals surface area contributed by atoms with Gasteiger partial charge in [0.2, 0.25) is 0 Å². The zero-order chi connectivity index (χ0) is 22.1. The number of rotatable bonds is 3. The fourth-order valence-corrected chi connectivity index (χ4v) is 4.20. The van der Waals surface area contributed by atoms with Crippen LogP contribution in [0.3, 0.4) is 0 Å². The Morgan fingerprint density at radius 3 is 2.29 bits per heavy atom. The van der Waals surface area contributed by atoms with Crippen molar-refractivity contribution in [2.75, 3.05) is 23.0 Å². The summed E-state index contributed by atoms with van der Waals surface area (Å²) >= 11 is 0. The van der Waals surface area contributed by atoms with Gasteiger partial charge in [0.1, 0.15) is 0 Å². The van der Waals surface area contributed by atoms with Gasteiger partial charge in [-0.25, -0.2) is 4.79 Å². The molecule has 5 heteroatoms.